The number of carboxylic acid groups (broad SMARTS) is 2. The topological polar surface area (TPSA) is 219 Å². The summed E-state index contributed by atoms with van der Waals surface area (Å²) in [5.41, 5.74) is 2.27. The van der Waals surface area contributed by atoms with Crippen molar-refractivity contribution in [3.63, 3.8) is 0 Å². The van der Waals surface area contributed by atoms with Gasteiger partial charge in [0.15, 0.2) is 16.5 Å². The van der Waals surface area contributed by atoms with Gasteiger partial charge in [-0.3, -0.25) is 24.2 Å². The molecule has 2 aromatic carbocycles. The molecule has 0 bridgehead atoms. The van der Waals surface area contributed by atoms with Crippen molar-refractivity contribution in [1.29, 1.82) is 0 Å². The number of rotatable bonds is 15. The van der Waals surface area contributed by atoms with E-state index in [2.05, 4.69) is 80.5 Å². The molecule has 0 aliphatic carbocycles. The van der Waals surface area contributed by atoms with Crippen molar-refractivity contribution >= 4 is 80.0 Å². The summed E-state index contributed by atoms with van der Waals surface area (Å²) < 4.78 is 24.9. The zero-order chi connectivity index (χ0) is 59.8. The van der Waals surface area contributed by atoms with Gasteiger partial charge in [-0.25, -0.2) is 24.4 Å². The van der Waals surface area contributed by atoms with E-state index < -0.39 is 69.8 Å². The number of β-lactam (4-membered cyclic amide) rings is 2. The van der Waals surface area contributed by atoms with Crippen molar-refractivity contribution in [2.75, 3.05) is 24.0 Å². The van der Waals surface area contributed by atoms with Crippen LogP contribution in [-0.4, -0.2) is 119 Å². The molecule has 2 aromatic heterocycles. The number of ether oxygens (including phenoxy) is 4. The SMILES string of the molecule is CC(C)(C)[Si](C)(C)N1C(=O)C[C@H]1C(=O)O.COc1ccc(CN(C(=O)OC(C)(C)C)c2cc(CBr)ccn2)cc1.COc1ccc(CN(C(=O)OC(C)(C)C)c2cc(CC3C(=O)N([Si](C)(C)C(C)(C)C)[C@@H]3C(=O)O)ccn2)cc1. The number of amides is 4. The van der Waals surface area contributed by atoms with E-state index in [1.54, 1.807) is 73.5 Å². The van der Waals surface area contributed by atoms with Crippen LogP contribution in [0.25, 0.3) is 0 Å². The zero-order valence-electron chi connectivity index (χ0n) is 49.4. The van der Waals surface area contributed by atoms with Gasteiger partial charge in [0.1, 0.15) is 46.4 Å². The largest absolute Gasteiger partial charge is 0.497 e. The van der Waals surface area contributed by atoms with E-state index >= 15 is 0 Å². The van der Waals surface area contributed by atoms with Crippen LogP contribution in [0.3, 0.4) is 0 Å². The molecule has 0 radical (unpaired) electrons. The van der Waals surface area contributed by atoms with E-state index in [0.717, 1.165) is 28.0 Å². The third-order valence-corrected chi connectivity index (χ3v) is 26.0. The highest BCUT2D eigenvalue weighted by Crippen LogP contribution is 2.46. The van der Waals surface area contributed by atoms with Crippen LogP contribution in [0.4, 0.5) is 21.2 Å². The Morgan fingerprint density at radius 2 is 1.00 bits per heavy atom. The van der Waals surface area contributed by atoms with Gasteiger partial charge in [0.05, 0.1) is 39.6 Å². The molecule has 2 aliphatic rings. The molecule has 6 rings (SSSR count). The second kappa shape index (κ2) is 25.9. The number of hydrogen-bond donors (Lipinski definition) is 2. The lowest BCUT2D eigenvalue weighted by molar-refractivity contribution is -0.163. The molecular formula is C58H83BrN6O12Si2. The summed E-state index contributed by atoms with van der Waals surface area (Å²) in [5.74, 6) is -0.293. The molecule has 21 heteroatoms. The number of nitrogens with zero attached hydrogens (tertiary/aromatic N) is 6. The van der Waals surface area contributed by atoms with Gasteiger partial charge in [-0.1, -0.05) is 108 Å². The Bertz CT molecular complexity index is 2790. The molecule has 2 aliphatic heterocycles. The lowest BCUT2D eigenvalue weighted by atomic mass is 9.85. The van der Waals surface area contributed by atoms with E-state index in [1.807, 2.05) is 94.5 Å². The monoisotopic (exact) mass is 1190 g/mol. The average molecular weight is 1190 g/mol. The summed E-state index contributed by atoms with van der Waals surface area (Å²) in [6.45, 7) is 32.1. The maximum Gasteiger partial charge on any atom is 0.416 e. The van der Waals surface area contributed by atoms with Crippen molar-refractivity contribution in [2.45, 2.75) is 174 Å². The molecule has 0 spiro atoms. The Morgan fingerprint density at radius 3 is 1.34 bits per heavy atom. The third kappa shape index (κ3) is 16.9. The molecule has 2 N–H and O–H groups in total. The minimum absolute atomic E-state index is 0.00319. The van der Waals surface area contributed by atoms with Crippen molar-refractivity contribution in [2.24, 2.45) is 5.92 Å². The van der Waals surface area contributed by atoms with E-state index in [1.165, 1.54) is 4.90 Å². The van der Waals surface area contributed by atoms with Gasteiger partial charge in [0.25, 0.3) is 0 Å². The summed E-state index contributed by atoms with van der Waals surface area (Å²) in [7, 11) is -1.17. The number of pyridine rings is 2. The van der Waals surface area contributed by atoms with Gasteiger partial charge in [0.2, 0.25) is 11.8 Å². The smallest absolute Gasteiger partial charge is 0.416 e. The quantitative estimate of drug-likeness (QED) is 0.0643. The molecule has 3 atom stereocenters. The Morgan fingerprint density at radius 1 is 0.608 bits per heavy atom. The molecule has 2 fully saturated rings. The van der Waals surface area contributed by atoms with Crippen LogP contribution in [0.15, 0.2) is 85.2 Å². The molecule has 4 amide bonds. The van der Waals surface area contributed by atoms with Gasteiger partial charge in [0, 0.05) is 17.7 Å². The molecule has 4 heterocycles. The Labute approximate surface area is 477 Å². The number of aromatic nitrogens is 2. The van der Waals surface area contributed by atoms with Gasteiger partial charge in [-0.05, 0) is 129 Å². The summed E-state index contributed by atoms with van der Waals surface area (Å²) in [6, 6.07) is 20.7. The maximum atomic E-state index is 13.3. The molecule has 432 valence electrons. The van der Waals surface area contributed by atoms with Crippen LogP contribution in [0.1, 0.15) is 112 Å². The highest BCUT2D eigenvalue weighted by molar-refractivity contribution is 9.08. The summed E-state index contributed by atoms with van der Waals surface area (Å²) in [6.07, 6.45) is 2.68. The number of aliphatic carboxylic acids is 2. The number of methoxy groups -OCH3 is 2. The maximum absolute atomic E-state index is 13.3. The van der Waals surface area contributed by atoms with Crippen LogP contribution in [0.5, 0.6) is 11.5 Å². The number of alkyl halides is 1. The van der Waals surface area contributed by atoms with Crippen LogP contribution in [0, 0.1) is 5.92 Å². The number of halogens is 1. The standard InChI is InChI=1S/C29H41N3O6Si.C19H23BrN2O3.C10H19NO3Si/c1-28(2,3)38-27(36)31(18-19-10-12-21(37-7)13-11-19)23-17-20(14-15-30-23)16-22-24(26(34)35)32(25(22)33)39(8,9)29(4,5)6;1-19(2,3)25-18(23)22(17-11-15(12-20)9-10-21-17)13-14-5-7-16(24-4)8-6-14;1-10(2,3)15(4,5)11-7(9(13)14)6-8(11)12/h10-15,17,22,24H,16,18H2,1-9H3,(H,34,35);5-11H,12-13H2,1-4H3;7H,6H2,1-5H3,(H,13,14)/t22?,24-;;7-/m0.0/s1. The van der Waals surface area contributed by atoms with Crippen molar-refractivity contribution in [3.05, 3.63) is 107 Å². The highest BCUT2D eigenvalue weighted by Gasteiger charge is 2.60. The Hall–Kier alpha value is -6.33. The van der Waals surface area contributed by atoms with Gasteiger partial charge >= 0.3 is 24.1 Å². The molecule has 2 saturated heterocycles. The first-order valence-corrected chi connectivity index (χ1v) is 33.2. The van der Waals surface area contributed by atoms with Crippen molar-refractivity contribution in [1.82, 2.24) is 19.1 Å². The van der Waals surface area contributed by atoms with Crippen molar-refractivity contribution < 1.29 is 57.9 Å². The highest BCUT2D eigenvalue weighted by atomic mass is 79.9. The fourth-order valence-corrected chi connectivity index (χ4v) is 13.5. The first-order valence-electron chi connectivity index (χ1n) is 26.2. The van der Waals surface area contributed by atoms with Gasteiger partial charge < -0.3 is 38.3 Å². The normalized spacial score (nSPS) is 16.6. The minimum Gasteiger partial charge on any atom is -0.497 e. The Balaban J connectivity index is 0.000000286. The molecule has 1 unspecified atom stereocenters. The number of carbonyl (C=O) groups excluding carboxylic acids is 4. The predicted octanol–water partition coefficient (Wildman–Crippen LogP) is 12.1. The average Bonchev–Trinajstić information content (AvgIpc) is 3.49. The lowest BCUT2D eigenvalue weighted by Crippen LogP contribution is -2.75. The van der Waals surface area contributed by atoms with Gasteiger partial charge in [-0.2, -0.15) is 0 Å². The zero-order valence-corrected chi connectivity index (χ0v) is 53.0. The minimum atomic E-state index is -2.37. The number of carboxylic acids is 2. The molecule has 18 nitrogen and oxygen atoms in total. The number of anilines is 2. The van der Waals surface area contributed by atoms with E-state index in [9.17, 15) is 33.9 Å². The number of carbonyl (C=O) groups is 6. The van der Waals surface area contributed by atoms with Crippen LogP contribution < -0.4 is 19.3 Å². The van der Waals surface area contributed by atoms with Gasteiger partial charge in [-0.15, -0.1) is 0 Å². The third-order valence-electron chi connectivity index (χ3n) is 14.6. The van der Waals surface area contributed by atoms with E-state index in [0.29, 0.717) is 29.3 Å². The number of benzene rings is 2. The first kappa shape index (κ1) is 65.2. The Kier molecular flexibility index (Phi) is 21.3. The van der Waals surface area contributed by atoms with Crippen LogP contribution in [0.2, 0.25) is 36.3 Å². The molecule has 4 aromatic rings. The second-order valence-electron chi connectivity index (χ2n) is 24.7. The molecular weight excluding hydrogens is 1110 g/mol. The van der Waals surface area contributed by atoms with E-state index in [4.69, 9.17) is 24.1 Å². The van der Waals surface area contributed by atoms with Crippen LogP contribution in [-0.2, 0) is 53.5 Å². The summed E-state index contributed by atoms with van der Waals surface area (Å²) in [5, 5.41) is 19.5. The predicted molar refractivity (Wildman–Crippen MR) is 315 cm³/mol. The summed E-state index contributed by atoms with van der Waals surface area (Å²) in [4.78, 5) is 85.8. The molecule has 79 heavy (non-hydrogen) atoms. The van der Waals surface area contributed by atoms with E-state index in [-0.39, 0.29) is 41.3 Å². The van der Waals surface area contributed by atoms with Crippen molar-refractivity contribution in [3.8, 4) is 11.5 Å². The van der Waals surface area contributed by atoms with Crippen LogP contribution >= 0.6 is 15.9 Å². The fourth-order valence-electron chi connectivity index (χ4n) is 8.31. The first-order chi connectivity index (χ1) is 36.4. The summed E-state index contributed by atoms with van der Waals surface area (Å²) >= 11 is 3.43. The number of hydrogen-bond acceptors (Lipinski definition) is 12. The molecule has 0 saturated carbocycles. The fraction of sp³-hybridized carbons (Fsp3) is 0.517. The second-order valence-corrected chi connectivity index (χ2v) is 35.5. The lowest BCUT2D eigenvalue weighted by Gasteiger charge is -2.56.